The van der Waals surface area contributed by atoms with Crippen molar-refractivity contribution in [3.8, 4) is 39.3 Å². The van der Waals surface area contributed by atoms with Crippen LogP contribution in [0.4, 0.5) is 14.6 Å². The Morgan fingerprint density at radius 1 is 0.923 bits per heavy atom. The Balaban J connectivity index is 1.68. The maximum atomic E-state index is 15.3. The predicted molar refractivity (Wildman–Crippen MR) is 147 cm³/mol. The third kappa shape index (κ3) is 4.80. The van der Waals surface area contributed by atoms with Crippen LogP contribution in [0.15, 0.2) is 77.8 Å². The number of aromatic nitrogens is 2. The number of aryl methyl sites for hydroxylation is 1. The van der Waals surface area contributed by atoms with E-state index in [1.165, 1.54) is 19.4 Å². The first-order chi connectivity index (χ1) is 18.6. The van der Waals surface area contributed by atoms with Crippen molar-refractivity contribution >= 4 is 26.7 Å². The topological polar surface area (TPSA) is 121 Å². The van der Waals surface area contributed by atoms with E-state index in [0.29, 0.717) is 22.5 Å². The number of pyridine rings is 2. The predicted octanol–water partition coefficient (Wildman–Crippen LogP) is 5.71. The molecular formula is C29H24F2N4O3S. The van der Waals surface area contributed by atoms with Crippen molar-refractivity contribution < 1.29 is 21.9 Å². The lowest BCUT2D eigenvalue weighted by molar-refractivity contribution is 0.399. The zero-order chi connectivity index (χ0) is 27.9. The molecule has 5 aromatic rings. The van der Waals surface area contributed by atoms with Gasteiger partial charge in [-0.1, -0.05) is 37.3 Å². The van der Waals surface area contributed by atoms with Crippen LogP contribution in [0.3, 0.4) is 0 Å². The molecule has 0 saturated carbocycles. The molecule has 0 radical (unpaired) electrons. The molecule has 0 unspecified atom stereocenters. The van der Waals surface area contributed by atoms with Gasteiger partial charge in [0, 0.05) is 22.7 Å². The Kier molecular flexibility index (Phi) is 6.75. The number of hydrogen-bond acceptors (Lipinski definition) is 6. The highest BCUT2D eigenvalue weighted by Gasteiger charge is 2.25. The standard InChI is InChI=1S/C29H24F2N4O3S/c1-3-16-6-4-5-7-20(16)21-13-18-12-17(8-10-24(18)35-28(21)32)19-14-22(29(38-2)34-15-19)26-23(30)9-11-25(27(26)31)39(33,36)37/h4-15H,3H2,1-2H3,(H2,32,35)(H2,33,36,37). The summed E-state index contributed by atoms with van der Waals surface area (Å²) in [6, 6.07) is 18.5. The van der Waals surface area contributed by atoms with Gasteiger partial charge >= 0.3 is 0 Å². The molecule has 7 nitrogen and oxygen atoms in total. The van der Waals surface area contributed by atoms with Gasteiger partial charge in [0.2, 0.25) is 15.9 Å². The third-order valence-corrected chi connectivity index (χ3v) is 7.47. The van der Waals surface area contributed by atoms with E-state index in [9.17, 15) is 12.8 Å². The number of nitrogen functional groups attached to an aromatic ring is 1. The molecule has 2 aromatic heterocycles. The van der Waals surface area contributed by atoms with E-state index >= 15 is 4.39 Å². The van der Waals surface area contributed by atoms with Crippen LogP contribution in [0.5, 0.6) is 5.88 Å². The summed E-state index contributed by atoms with van der Waals surface area (Å²) in [4.78, 5) is 7.99. The summed E-state index contributed by atoms with van der Waals surface area (Å²) in [7, 11) is -3.14. The molecule has 0 aliphatic heterocycles. The summed E-state index contributed by atoms with van der Waals surface area (Å²) < 4.78 is 59.1. The lowest BCUT2D eigenvalue weighted by Gasteiger charge is -2.14. The molecule has 5 rings (SSSR count). The monoisotopic (exact) mass is 546 g/mol. The molecule has 198 valence electrons. The van der Waals surface area contributed by atoms with Gasteiger partial charge in [-0.3, -0.25) is 0 Å². The van der Waals surface area contributed by atoms with Crippen LogP contribution in [-0.4, -0.2) is 25.5 Å². The van der Waals surface area contributed by atoms with E-state index in [1.54, 1.807) is 12.1 Å². The second-order valence-corrected chi connectivity index (χ2v) is 10.4. The van der Waals surface area contributed by atoms with Gasteiger partial charge in [-0.2, -0.15) is 0 Å². The molecule has 0 fully saturated rings. The van der Waals surface area contributed by atoms with Crippen LogP contribution in [0.25, 0.3) is 44.3 Å². The van der Waals surface area contributed by atoms with Crippen molar-refractivity contribution in [3.63, 3.8) is 0 Å². The quantitative estimate of drug-likeness (QED) is 0.281. The Bertz CT molecular complexity index is 1860. The molecule has 0 saturated heterocycles. The molecule has 0 aliphatic carbocycles. The first-order valence-corrected chi connectivity index (χ1v) is 13.5. The molecule has 4 N–H and O–H groups in total. The summed E-state index contributed by atoms with van der Waals surface area (Å²) in [6.07, 6.45) is 2.33. The highest BCUT2D eigenvalue weighted by atomic mass is 32.2. The minimum absolute atomic E-state index is 0.0661. The van der Waals surface area contributed by atoms with Crippen LogP contribution in [-0.2, 0) is 16.4 Å². The van der Waals surface area contributed by atoms with Crippen molar-refractivity contribution in [2.75, 3.05) is 12.8 Å². The number of hydrogen-bond donors (Lipinski definition) is 2. The smallest absolute Gasteiger partial charge is 0.240 e. The number of fused-ring (bicyclic) bond motifs is 1. The molecular weight excluding hydrogens is 522 g/mol. The molecule has 0 atom stereocenters. The zero-order valence-electron chi connectivity index (χ0n) is 21.1. The van der Waals surface area contributed by atoms with Crippen molar-refractivity contribution in [2.24, 2.45) is 5.14 Å². The maximum Gasteiger partial charge on any atom is 0.240 e. The largest absolute Gasteiger partial charge is 0.481 e. The highest BCUT2D eigenvalue weighted by Crippen LogP contribution is 2.38. The number of methoxy groups -OCH3 is 1. The first-order valence-electron chi connectivity index (χ1n) is 12.0. The van der Waals surface area contributed by atoms with Crippen LogP contribution >= 0.6 is 0 Å². The fourth-order valence-corrected chi connectivity index (χ4v) is 5.24. The first kappa shape index (κ1) is 26.2. The van der Waals surface area contributed by atoms with E-state index in [4.69, 9.17) is 15.6 Å². The SMILES string of the molecule is CCc1ccccc1-c1cc2cc(-c3cnc(OC)c(-c4c(F)ccc(S(N)(=O)=O)c4F)c3)ccc2nc1N. The number of anilines is 1. The number of primary sulfonamides is 1. The molecule has 0 aliphatic rings. The number of sulfonamides is 1. The van der Waals surface area contributed by atoms with Gasteiger partial charge in [-0.15, -0.1) is 0 Å². The molecule has 2 heterocycles. The number of halogens is 2. The second-order valence-electron chi connectivity index (χ2n) is 8.90. The fourth-order valence-electron chi connectivity index (χ4n) is 4.63. The molecule has 3 aromatic carbocycles. The van der Waals surface area contributed by atoms with Crippen molar-refractivity contribution in [3.05, 3.63) is 90.1 Å². The van der Waals surface area contributed by atoms with Crippen molar-refractivity contribution in [1.82, 2.24) is 9.97 Å². The van der Waals surface area contributed by atoms with Crippen molar-refractivity contribution in [1.29, 1.82) is 0 Å². The van der Waals surface area contributed by atoms with Gasteiger partial charge in [-0.05, 0) is 59.5 Å². The zero-order valence-corrected chi connectivity index (χ0v) is 21.9. The van der Waals surface area contributed by atoms with Gasteiger partial charge in [0.1, 0.15) is 16.5 Å². The lowest BCUT2D eigenvalue weighted by Crippen LogP contribution is -2.15. The van der Waals surface area contributed by atoms with E-state index in [2.05, 4.69) is 16.9 Å². The van der Waals surface area contributed by atoms with E-state index in [1.807, 2.05) is 36.4 Å². The molecule has 39 heavy (non-hydrogen) atoms. The summed E-state index contributed by atoms with van der Waals surface area (Å²) in [5, 5.41) is 5.93. The van der Waals surface area contributed by atoms with Crippen LogP contribution in [0.2, 0.25) is 0 Å². The van der Waals surface area contributed by atoms with Gasteiger partial charge in [-0.25, -0.2) is 32.3 Å². The molecule has 0 amide bonds. The van der Waals surface area contributed by atoms with Gasteiger partial charge in [0.15, 0.2) is 5.82 Å². The van der Waals surface area contributed by atoms with Crippen LogP contribution in [0.1, 0.15) is 12.5 Å². The average molecular weight is 547 g/mol. The second kappa shape index (κ2) is 10.0. The maximum absolute atomic E-state index is 15.3. The average Bonchev–Trinajstić information content (AvgIpc) is 2.91. The Morgan fingerprint density at radius 3 is 2.41 bits per heavy atom. The summed E-state index contributed by atoms with van der Waals surface area (Å²) >= 11 is 0. The van der Waals surface area contributed by atoms with E-state index in [0.717, 1.165) is 40.6 Å². The summed E-state index contributed by atoms with van der Waals surface area (Å²) in [5.74, 6) is -2.00. The third-order valence-electron chi connectivity index (χ3n) is 6.54. The molecule has 0 spiro atoms. The highest BCUT2D eigenvalue weighted by molar-refractivity contribution is 7.89. The number of ether oxygens (including phenoxy) is 1. The van der Waals surface area contributed by atoms with E-state index < -0.39 is 32.1 Å². The van der Waals surface area contributed by atoms with Gasteiger partial charge in [0.05, 0.1) is 23.8 Å². The number of benzene rings is 3. The van der Waals surface area contributed by atoms with Gasteiger partial charge < -0.3 is 10.5 Å². The van der Waals surface area contributed by atoms with Crippen molar-refractivity contribution in [2.45, 2.75) is 18.2 Å². The molecule has 0 bridgehead atoms. The fraction of sp³-hybridized carbons (Fsp3) is 0.103. The molecule has 10 heteroatoms. The lowest BCUT2D eigenvalue weighted by atomic mass is 9.96. The van der Waals surface area contributed by atoms with Crippen LogP contribution in [0, 0.1) is 11.6 Å². The summed E-state index contributed by atoms with van der Waals surface area (Å²) in [6.45, 7) is 2.07. The number of nitrogens with two attached hydrogens (primary N) is 2. The number of rotatable bonds is 6. The number of nitrogens with zero attached hydrogens (tertiary/aromatic N) is 2. The minimum atomic E-state index is -4.44. The Labute approximate surface area is 224 Å². The summed E-state index contributed by atoms with van der Waals surface area (Å²) in [5.41, 5.74) is 10.4. The van der Waals surface area contributed by atoms with Gasteiger partial charge in [0.25, 0.3) is 0 Å². The Hall–Kier alpha value is -4.41. The van der Waals surface area contributed by atoms with E-state index in [-0.39, 0.29) is 11.4 Å². The Morgan fingerprint density at radius 2 is 1.69 bits per heavy atom. The minimum Gasteiger partial charge on any atom is -0.481 e. The van der Waals surface area contributed by atoms with Crippen LogP contribution < -0.4 is 15.6 Å². The normalized spacial score (nSPS) is 11.6.